The number of hydrogen-bond donors (Lipinski definition) is 3. The van der Waals surface area contributed by atoms with Gasteiger partial charge in [0.05, 0.1) is 5.69 Å². The van der Waals surface area contributed by atoms with E-state index in [-0.39, 0.29) is 10.9 Å². The number of nitrogens with zero attached hydrogens (tertiary/aromatic N) is 2. The lowest BCUT2D eigenvalue weighted by molar-refractivity contribution is 0.251. The summed E-state index contributed by atoms with van der Waals surface area (Å²) in [5, 5.41) is 5.48. The third kappa shape index (κ3) is 6.01. The van der Waals surface area contributed by atoms with E-state index in [1.807, 2.05) is 18.2 Å². The number of carbonyl (C=O) groups is 1. The molecule has 1 aromatic heterocycles. The summed E-state index contributed by atoms with van der Waals surface area (Å²) in [5.74, 6) is 0. The summed E-state index contributed by atoms with van der Waals surface area (Å²) < 4.78 is 28.9. The molecule has 2 heterocycles. The molecule has 0 saturated carbocycles. The van der Waals surface area contributed by atoms with Crippen LogP contribution in [0, 0.1) is 0 Å². The van der Waals surface area contributed by atoms with Crippen LogP contribution in [0.5, 0.6) is 0 Å². The monoisotopic (exact) mass is 465 g/mol. The molecule has 1 aliphatic heterocycles. The maximum atomic E-state index is 13.1. The number of piperidine rings is 1. The Kier molecular flexibility index (Phi) is 7.09. The fourth-order valence-electron chi connectivity index (χ4n) is 3.77. The van der Waals surface area contributed by atoms with E-state index >= 15 is 0 Å². The van der Waals surface area contributed by atoms with Crippen LogP contribution in [0.25, 0.3) is 0 Å². The summed E-state index contributed by atoms with van der Waals surface area (Å²) in [6.07, 6.45) is 6.65. The Hall–Kier alpha value is -3.59. The molecule has 3 N–H and O–H groups in total. The van der Waals surface area contributed by atoms with E-state index in [0.717, 1.165) is 37.2 Å². The van der Waals surface area contributed by atoms with Crippen LogP contribution in [0.2, 0.25) is 0 Å². The van der Waals surface area contributed by atoms with Gasteiger partial charge < -0.3 is 15.5 Å². The number of urea groups is 1. The molecule has 0 unspecified atom stereocenters. The zero-order chi connectivity index (χ0) is 23.1. The summed E-state index contributed by atoms with van der Waals surface area (Å²) in [7, 11) is -3.77. The van der Waals surface area contributed by atoms with Crippen molar-refractivity contribution in [3.8, 4) is 0 Å². The minimum atomic E-state index is -3.77. The Labute approximate surface area is 194 Å². The molecule has 0 bridgehead atoms. The number of benzene rings is 2. The molecule has 8 nitrogen and oxygen atoms in total. The summed E-state index contributed by atoms with van der Waals surface area (Å²) in [6.45, 7) is 2.07. The first kappa shape index (κ1) is 22.6. The van der Waals surface area contributed by atoms with Crippen LogP contribution < -0.4 is 20.3 Å². The molecule has 2 aromatic carbocycles. The zero-order valence-corrected chi connectivity index (χ0v) is 19.0. The van der Waals surface area contributed by atoms with Crippen molar-refractivity contribution < 1.29 is 13.2 Å². The highest BCUT2D eigenvalue weighted by atomic mass is 32.2. The first-order chi connectivity index (χ1) is 16.0. The normalized spacial score (nSPS) is 13.9. The molecule has 0 aliphatic carbocycles. The van der Waals surface area contributed by atoms with E-state index in [4.69, 9.17) is 0 Å². The van der Waals surface area contributed by atoms with E-state index in [1.54, 1.807) is 54.9 Å². The Morgan fingerprint density at radius 1 is 0.909 bits per heavy atom. The largest absolute Gasteiger partial charge is 0.370 e. The maximum absolute atomic E-state index is 13.1. The minimum Gasteiger partial charge on any atom is -0.370 e. The molecule has 1 fully saturated rings. The van der Waals surface area contributed by atoms with Crippen LogP contribution in [0.3, 0.4) is 0 Å². The van der Waals surface area contributed by atoms with Crippen LogP contribution in [0.1, 0.15) is 24.8 Å². The molecule has 4 rings (SSSR count). The second kappa shape index (κ2) is 10.4. The van der Waals surface area contributed by atoms with Gasteiger partial charge in [0.1, 0.15) is 4.90 Å². The van der Waals surface area contributed by atoms with Gasteiger partial charge in [0.2, 0.25) is 0 Å². The second-order valence-corrected chi connectivity index (χ2v) is 9.52. The Bertz CT molecular complexity index is 1180. The lowest BCUT2D eigenvalue weighted by atomic mass is 10.1. The fraction of sp³-hybridized carbons (Fsp3) is 0.250. The molecule has 9 heteroatoms. The topological polar surface area (TPSA) is 103 Å². The highest BCUT2D eigenvalue weighted by Crippen LogP contribution is 2.29. The van der Waals surface area contributed by atoms with Crippen molar-refractivity contribution in [3.05, 3.63) is 78.6 Å². The van der Waals surface area contributed by atoms with Crippen LogP contribution >= 0.6 is 0 Å². The van der Waals surface area contributed by atoms with E-state index in [1.165, 1.54) is 6.42 Å². The molecular weight excluding hydrogens is 438 g/mol. The molecule has 3 aromatic rings. The van der Waals surface area contributed by atoms with Gasteiger partial charge >= 0.3 is 6.03 Å². The number of hydrogen-bond acceptors (Lipinski definition) is 5. The van der Waals surface area contributed by atoms with E-state index in [0.29, 0.717) is 17.9 Å². The number of amides is 2. The lowest BCUT2D eigenvalue weighted by Gasteiger charge is -2.30. The van der Waals surface area contributed by atoms with Gasteiger partial charge in [-0.15, -0.1) is 0 Å². The van der Waals surface area contributed by atoms with Gasteiger partial charge in [0.25, 0.3) is 10.0 Å². The fourth-order valence-corrected chi connectivity index (χ4v) is 5.06. The van der Waals surface area contributed by atoms with E-state index < -0.39 is 10.0 Å². The predicted molar refractivity (Wildman–Crippen MR) is 130 cm³/mol. The van der Waals surface area contributed by atoms with Crippen molar-refractivity contribution in [2.75, 3.05) is 28.0 Å². The third-order valence-electron chi connectivity index (χ3n) is 5.42. The summed E-state index contributed by atoms with van der Waals surface area (Å²) in [5.41, 5.74) is 2.59. The number of pyridine rings is 1. The average Bonchev–Trinajstić information content (AvgIpc) is 2.85. The van der Waals surface area contributed by atoms with E-state index in [2.05, 4.69) is 25.2 Å². The average molecular weight is 466 g/mol. The van der Waals surface area contributed by atoms with Gasteiger partial charge in [-0.05, 0) is 67.3 Å². The molecular formula is C24H27N5O3S. The standard InChI is InChI=1S/C24H27N5O3S/c30-24(26-18-19-7-6-14-25-17-19)27-20-10-12-21(13-11-20)28-33(31,32)23-9-3-2-8-22(23)29-15-4-1-5-16-29/h2-3,6-14,17,28H,1,4-5,15-16,18H2,(H2,26,27,30). The predicted octanol–water partition coefficient (Wildman–Crippen LogP) is 4.19. The smallest absolute Gasteiger partial charge is 0.319 e. The van der Waals surface area contributed by atoms with Gasteiger partial charge in [-0.3, -0.25) is 9.71 Å². The van der Waals surface area contributed by atoms with Gasteiger partial charge in [0, 0.05) is 43.4 Å². The number of aromatic nitrogens is 1. The zero-order valence-electron chi connectivity index (χ0n) is 18.2. The molecule has 0 atom stereocenters. The van der Waals surface area contributed by atoms with Crippen LogP contribution in [-0.2, 0) is 16.6 Å². The number of nitrogens with one attached hydrogen (secondary N) is 3. The molecule has 0 spiro atoms. The number of sulfonamides is 1. The molecule has 1 saturated heterocycles. The molecule has 2 amide bonds. The van der Waals surface area contributed by atoms with Crippen molar-refractivity contribution in [1.82, 2.24) is 10.3 Å². The second-order valence-electron chi connectivity index (χ2n) is 7.87. The molecule has 33 heavy (non-hydrogen) atoms. The van der Waals surface area contributed by atoms with Gasteiger partial charge in [0.15, 0.2) is 0 Å². The van der Waals surface area contributed by atoms with E-state index in [9.17, 15) is 13.2 Å². The van der Waals surface area contributed by atoms with Crippen molar-refractivity contribution >= 4 is 33.1 Å². The number of anilines is 3. The highest BCUT2D eigenvalue weighted by molar-refractivity contribution is 7.92. The maximum Gasteiger partial charge on any atom is 0.319 e. The van der Waals surface area contributed by atoms with Gasteiger partial charge in [-0.1, -0.05) is 18.2 Å². The lowest BCUT2D eigenvalue weighted by Crippen LogP contribution is -2.31. The Morgan fingerprint density at radius 2 is 1.64 bits per heavy atom. The summed E-state index contributed by atoms with van der Waals surface area (Å²) in [4.78, 5) is 18.5. The van der Waals surface area contributed by atoms with Crippen LogP contribution in [0.4, 0.5) is 21.9 Å². The minimum absolute atomic E-state index is 0.267. The summed E-state index contributed by atoms with van der Waals surface area (Å²) >= 11 is 0. The number of para-hydroxylation sites is 1. The van der Waals surface area contributed by atoms with Crippen LogP contribution in [-0.4, -0.2) is 32.5 Å². The Morgan fingerprint density at radius 3 is 2.36 bits per heavy atom. The van der Waals surface area contributed by atoms with Crippen molar-refractivity contribution in [2.45, 2.75) is 30.7 Å². The number of carbonyl (C=O) groups excluding carboxylic acids is 1. The third-order valence-corrected chi connectivity index (χ3v) is 6.85. The molecule has 172 valence electrons. The number of rotatable bonds is 7. The SMILES string of the molecule is O=C(NCc1cccnc1)Nc1ccc(NS(=O)(=O)c2ccccc2N2CCCCC2)cc1. The molecule has 1 aliphatic rings. The summed E-state index contributed by atoms with van der Waals surface area (Å²) in [6, 6.07) is 17.0. The first-order valence-corrected chi connectivity index (χ1v) is 12.4. The van der Waals surface area contributed by atoms with Crippen molar-refractivity contribution in [1.29, 1.82) is 0 Å². The van der Waals surface area contributed by atoms with Gasteiger partial charge in [-0.2, -0.15) is 0 Å². The quantitative estimate of drug-likeness (QED) is 0.485. The first-order valence-electron chi connectivity index (χ1n) is 10.9. The molecule has 0 radical (unpaired) electrons. The highest BCUT2D eigenvalue weighted by Gasteiger charge is 2.22. The van der Waals surface area contributed by atoms with Crippen molar-refractivity contribution in [3.63, 3.8) is 0 Å². The van der Waals surface area contributed by atoms with Crippen molar-refractivity contribution in [2.24, 2.45) is 0 Å². The van der Waals surface area contributed by atoms with Gasteiger partial charge in [-0.25, -0.2) is 13.2 Å². The van der Waals surface area contributed by atoms with Crippen LogP contribution in [0.15, 0.2) is 78.0 Å². The Balaban J connectivity index is 1.39.